The van der Waals surface area contributed by atoms with E-state index in [-0.39, 0.29) is 16.1 Å². The van der Waals surface area contributed by atoms with Gasteiger partial charge in [-0.3, -0.25) is 9.78 Å². The topological polar surface area (TPSA) is 30.0 Å². The lowest BCUT2D eigenvalue weighted by molar-refractivity contribution is 0.103. The Kier molecular flexibility index (Phi) is 3.32. The number of ketones is 1. The zero-order valence-electron chi connectivity index (χ0n) is 10.3. The average molecular weight is 330 g/mol. The van der Waals surface area contributed by atoms with Gasteiger partial charge in [-0.05, 0) is 58.4 Å². The predicted molar refractivity (Wildman–Crippen MR) is 79.3 cm³/mol. The molecule has 0 fully saturated rings. The monoisotopic (exact) mass is 329 g/mol. The lowest BCUT2D eigenvalue weighted by Gasteiger charge is -2.04. The molecule has 0 aliphatic heterocycles. The normalized spacial score (nSPS) is 10.7. The summed E-state index contributed by atoms with van der Waals surface area (Å²) in [7, 11) is 0. The molecule has 0 aliphatic carbocycles. The van der Waals surface area contributed by atoms with Crippen LogP contribution in [0.5, 0.6) is 0 Å². The van der Waals surface area contributed by atoms with E-state index < -0.39 is 0 Å². The van der Waals surface area contributed by atoms with Crippen molar-refractivity contribution in [1.29, 1.82) is 0 Å². The minimum Gasteiger partial charge on any atom is -0.289 e. The minimum atomic E-state index is -0.385. The van der Waals surface area contributed by atoms with Crippen molar-refractivity contribution in [3.8, 4) is 0 Å². The second-order valence-electron chi connectivity index (χ2n) is 4.37. The number of pyridine rings is 1. The van der Waals surface area contributed by atoms with Crippen LogP contribution in [-0.4, -0.2) is 10.8 Å². The number of aromatic nitrogens is 1. The molecule has 1 heterocycles. The summed E-state index contributed by atoms with van der Waals surface area (Å²) in [6.07, 6.45) is 1.71. The van der Waals surface area contributed by atoms with Crippen molar-refractivity contribution >= 4 is 32.6 Å². The van der Waals surface area contributed by atoms with Crippen LogP contribution < -0.4 is 0 Å². The molecule has 4 heteroatoms. The Bertz CT molecular complexity index is 816. The van der Waals surface area contributed by atoms with E-state index in [0.29, 0.717) is 11.1 Å². The SMILES string of the molecule is O=C(c1ccc(F)c(Br)c1)c1ccc2ncccc2c1. The van der Waals surface area contributed by atoms with E-state index in [4.69, 9.17) is 0 Å². The van der Waals surface area contributed by atoms with Crippen LogP contribution in [0.1, 0.15) is 15.9 Å². The van der Waals surface area contributed by atoms with Gasteiger partial charge in [0.25, 0.3) is 0 Å². The second-order valence-corrected chi connectivity index (χ2v) is 5.22. The summed E-state index contributed by atoms with van der Waals surface area (Å²) in [5.74, 6) is -0.527. The van der Waals surface area contributed by atoms with E-state index in [1.165, 1.54) is 18.2 Å². The molecule has 0 saturated carbocycles. The minimum absolute atomic E-state index is 0.142. The third kappa shape index (κ3) is 2.34. The van der Waals surface area contributed by atoms with Crippen molar-refractivity contribution in [3.63, 3.8) is 0 Å². The molecule has 3 rings (SSSR count). The van der Waals surface area contributed by atoms with Gasteiger partial charge in [0, 0.05) is 22.7 Å². The summed E-state index contributed by atoms with van der Waals surface area (Å²) in [6.45, 7) is 0. The molecule has 3 aromatic rings. The van der Waals surface area contributed by atoms with Crippen LogP contribution in [0.25, 0.3) is 10.9 Å². The summed E-state index contributed by atoms with van der Waals surface area (Å²) in [5.41, 5.74) is 1.84. The van der Waals surface area contributed by atoms with E-state index in [1.807, 2.05) is 12.1 Å². The number of carbonyl (C=O) groups excluding carboxylic acids is 1. The van der Waals surface area contributed by atoms with Crippen LogP contribution in [0.15, 0.2) is 59.2 Å². The van der Waals surface area contributed by atoms with E-state index in [0.717, 1.165) is 10.9 Å². The molecule has 2 aromatic carbocycles. The van der Waals surface area contributed by atoms with Crippen LogP contribution in [0.3, 0.4) is 0 Å². The molecule has 0 spiro atoms. The fourth-order valence-corrected chi connectivity index (χ4v) is 2.40. The number of rotatable bonds is 2. The summed E-state index contributed by atoms with van der Waals surface area (Å²) in [4.78, 5) is 16.6. The van der Waals surface area contributed by atoms with Crippen LogP contribution in [0, 0.1) is 5.82 Å². The molecule has 0 radical (unpaired) electrons. The van der Waals surface area contributed by atoms with Gasteiger partial charge in [0.05, 0.1) is 9.99 Å². The Morgan fingerprint density at radius 1 is 1.05 bits per heavy atom. The highest BCUT2D eigenvalue weighted by Gasteiger charge is 2.11. The lowest BCUT2D eigenvalue weighted by Crippen LogP contribution is -2.01. The summed E-state index contributed by atoms with van der Waals surface area (Å²) >= 11 is 3.09. The van der Waals surface area contributed by atoms with Crippen molar-refractivity contribution in [2.24, 2.45) is 0 Å². The van der Waals surface area contributed by atoms with Crippen molar-refractivity contribution < 1.29 is 9.18 Å². The highest BCUT2D eigenvalue weighted by molar-refractivity contribution is 9.10. The third-order valence-corrected chi connectivity index (χ3v) is 3.65. The third-order valence-electron chi connectivity index (χ3n) is 3.05. The lowest BCUT2D eigenvalue weighted by atomic mass is 10.0. The first-order chi connectivity index (χ1) is 9.65. The van der Waals surface area contributed by atoms with Gasteiger partial charge in [-0.1, -0.05) is 6.07 Å². The zero-order chi connectivity index (χ0) is 14.1. The molecule has 0 saturated heterocycles. The molecule has 20 heavy (non-hydrogen) atoms. The maximum atomic E-state index is 13.2. The number of halogens is 2. The molecule has 1 aromatic heterocycles. The molecule has 0 N–H and O–H groups in total. The van der Waals surface area contributed by atoms with Gasteiger partial charge in [-0.25, -0.2) is 4.39 Å². The van der Waals surface area contributed by atoms with Crippen LogP contribution >= 0.6 is 15.9 Å². The Hall–Kier alpha value is -2.07. The number of hydrogen-bond donors (Lipinski definition) is 0. The van der Waals surface area contributed by atoms with Gasteiger partial charge in [0.1, 0.15) is 5.82 Å². The van der Waals surface area contributed by atoms with E-state index in [1.54, 1.807) is 24.4 Å². The Morgan fingerprint density at radius 2 is 1.80 bits per heavy atom. The first-order valence-electron chi connectivity index (χ1n) is 6.00. The van der Waals surface area contributed by atoms with Crippen molar-refractivity contribution in [2.75, 3.05) is 0 Å². The van der Waals surface area contributed by atoms with Crippen molar-refractivity contribution in [2.45, 2.75) is 0 Å². The number of nitrogens with zero attached hydrogens (tertiary/aromatic N) is 1. The van der Waals surface area contributed by atoms with Gasteiger partial charge in [-0.15, -0.1) is 0 Å². The second kappa shape index (κ2) is 5.13. The highest BCUT2D eigenvalue weighted by Crippen LogP contribution is 2.21. The first kappa shape index (κ1) is 12.9. The average Bonchev–Trinajstić information content (AvgIpc) is 2.49. The van der Waals surface area contributed by atoms with Gasteiger partial charge >= 0.3 is 0 Å². The quantitative estimate of drug-likeness (QED) is 0.653. The number of benzene rings is 2. The van der Waals surface area contributed by atoms with Gasteiger partial charge in [0.2, 0.25) is 0 Å². The molecular formula is C16H9BrFNO. The molecule has 0 bridgehead atoms. The highest BCUT2D eigenvalue weighted by atomic mass is 79.9. The molecule has 0 atom stereocenters. The number of carbonyl (C=O) groups is 1. The Balaban J connectivity index is 2.05. The summed E-state index contributed by atoms with van der Waals surface area (Å²) in [5, 5.41) is 0.902. The molecule has 0 amide bonds. The predicted octanol–water partition coefficient (Wildman–Crippen LogP) is 4.37. The first-order valence-corrected chi connectivity index (χ1v) is 6.79. The maximum absolute atomic E-state index is 13.2. The van der Waals surface area contributed by atoms with Gasteiger partial charge < -0.3 is 0 Å². The van der Waals surface area contributed by atoms with Crippen LogP contribution in [-0.2, 0) is 0 Å². The van der Waals surface area contributed by atoms with E-state index >= 15 is 0 Å². The zero-order valence-corrected chi connectivity index (χ0v) is 11.9. The smallest absolute Gasteiger partial charge is 0.193 e. The van der Waals surface area contributed by atoms with Gasteiger partial charge in [0.15, 0.2) is 5.78 Å². The number of hydrogen-bond acceptors (Lipinski definition) is 2. The summed E-state index contributed by atoms with van der Waals surface area (Å²) in [6, 6.07) is 13.3. The standard InChI is InChI=1S/C16H9BrFNO/c17-13-9-12(3-5-14(13)18)16(20)11-4-6-15-10(8-11)2-1-7-19-15/h1-9H. The van der Waals surface area contributed by atoms with Crippen molar-refractivity contribution in [1.82, 2.24) is 4.98 Å². The molecule has 2 nitrogen and oxygen atoms in total. The van der Waals surface area contributed by atoms with Gasteiger partial charge in [-0.2, -0.15) is 0 Å². The largest absolute Gasteiger partial charge is 0.289 e. The summed E-state index contributed by atoms with van der Waals surface area (Å²) < 4.78 is 13.5. The fraction of sp³-hybridized carbons (Fsp3) is 0. The molecular weight excluding hydrogens is 321 g/mol. The Morgan fingerprint density at radius 3 is 2.60 bits per heavy atom. The Labute approximate surface area is 123 Å². The van der Waals surface area contributed by atoms with Crippen LogP contribution in [0.2, 0.25) is 0 Å². The fourth-order valence-electron chi connectivity index (χ4n) is 2.02. The molecule has 0 unspecified atom stereocenters. The maximum Gasteiger partial charge on any atom is 0.193 e. The molecule has 0 aliphatic rings. The number of fused-ring (bicyclic) bond motifs is 1. The van der Waals surface area contributed by atoms with E-state index in [2.05, 4.69) is 20.9 Å². The van der Waals surface area contributed by atoms with Crippen LogP contribution in [0.4, 0.5) is 4.39 Å². The van der Waals surface area contributed by atoms with E-state index in [9.17, 15) is 9.18 Å². The van der Waals surface area contributed by atoms with Crippen molar-refractivity contribution in [3.05, 3.63) is 76.1 Å². The molecule has 98 valence electrons.